The van der Waals surface area contributed by atoms with Crippen molar-refractivity contribution in [1.29, 1.82) is 0 Å². The van der Waals surface area contributed by atoms with E-state index in [1.807, 2.05) is 12.1 Å². The van der Waals surface area contributed by atoms with Crippen LogP contribution < -0.4 is 4.90 Å². The zero-order valence-corrected chi connectivity index (χ0v) is 29.9. The normalized spacial score (nSPS) is 11.6. The molecule has 0 atom stereocenters. The minimum atomic E-state index is 0.881. The lowest BCUT2D eigenvalue weighted by atomic mass is 9.94. The summed E-state index contributed by atoms with van der Waals surface area (Å²) >= 11 is 0. The third-order valence-corrected chi connectivity index (χ3v) is 11.0. The molecule has 3 heteroatoms. The van der Waals surface area contributed by atoms with Crippen molar-refractivity contribution in [2.24, 2.45) is 0 Å². The molecule has 11 aromatic rings. The molecule has 0 spiro atoms. The van der Waals surface area contributed by atoms with Crippen LogP contribution in [0.1, 0.15) is 0 Å². The summed E-state index contributed by atoms with van der Waals surface area (Å²) in [5.74, 6) is 0. The smallest absolute Gasteiger partial charge is 0.135 e. The second kappa shape index (κ2) is 12.6. The van der Waals surface area contributed by atoms with Gasteiger partial charge in [0.25, 0.3) is 0 Å². The number of aromatic nitrogens is 1. The second-order valence-corrected chi connectivity index (χ2v) is 14.1. The number of benzene rings is 9. The van der Waals surface area contributed by atoms with Crippen molar-refractivity contribution in [3.8, 4) is 27.9 Å². The third-order valence-electron chi connectivity index (χ3n) is 11.0. The molecule has 0 bridgehead atoms. The number of rotatable bonds is 6. The van der Waals surface area contributed by atoms with Crippen LogP contribution in [0.3, 0.4) is 0 Å². The molecule has 55 heavy (non-hydrogen) atoms. The summed E-state index contributed by atoms with van der Waals surface area (Å²) < 4.78 is 8.67. The number of hydrogen-bond donors (Lipinski definition) is 0. The number of furan rings is 1. The largest absolute Gasteiger partial charge is 0.456 e. The van der Waals surface area contributed by atoms with Crippen molar-refractivity contribution in [1.82, 2.24) is 4.57 Å². The summed E-state index contributed by atoms with van der Waals surface area (Å²) in [7, 11) is 0. The van der Waals surface area contributed by atoms with Crippen LogP contribution in [0.2, 0.25) is 0 Å². The van der Waals surface area contributed by atoms with E-state index in [0.717, 1.165) is 50.3 Å². The first kappa shape index (κ1) is 31.2. The van der Waals surface area contributed by atoms with E-state index in [9.17, 15) is 0 Å². The Kier molecular flexibility index (Phi) is 7.17. The monoisotopic (exact) mass is 702 g/mol. The SMILES string of the molecule is c1ccc(-c2ccccc2N(c2ccc(-c3cc4c(c5ccccc35)c3ccccc3n4-c3ccccc3)cc2)c2ccc3oc4ccccc4c3c2)cc1. The van der Waals surface area contributed by atoms with E-state index < -0.39 is 0 Å². The maximum atomic E-state index is 6.26. The van der Waals surface area contributed by atoms with E-state index >= 15 is 0 Å². The standard InChI is InChI=1S/C52H34N2O/c1-3-15-35(16-4-1)40-19-9-12-24-47(40)53(39-31-32-51-46(33-39)42-21-11-14-26-50(42)55-51)38-29-27-36(28-30-38)45-34-49-52(43-22-8-7-20-41(43)45)44-23-10-13-25-48(44)54(49)37-17-5-2-6-18-37/h1-34H. The lowest BCUT2D eigenvalue weighted by molar-refractivity contribution is 0.669. The first-order valence-corrected chi connectivity index (χ1v) is 18.8. The van der Waals surface area contributed by atoms with Gasteiger partial charge in [-0.15, -0.1) is 0 Å². The van der Waals surface area contributed by atoms with Gasteiger partial charge in [0, 0.05) is 44.2 Å². The van der Waals surface area contributed by atoms with Gasteiger partial charge in [-0.3, -0.25) is 0 Å². The predicted octanol–water partition coefficient (Wildman–Crippen LogP) is 14.6. The van der Waals surface area contributed by atoms with Crippen molar-refractivity contribution in [3.63, 3.8) is 0 Å². The van der Waals surface area contributed by atoms with E-state index in [1.54, 1.807) is 0 Å². The molecule has 9 aromatic carbocycles. The third kappa shape index (κ3) is 5.05. The van der Waals surface area contributed by atoms with Crippen LogP contribution in [0, 0.1) is 0 Å². The van der Waals surface area contributed by atoms with Gasteiger partial charge in [0.1, 0.15) is 11.2 Å². The zero-order valence-electron chi connectivity index (χ0n) is 29.9. The quantitative estimate of drug-likeness (QED) is 0.172. The predicted molar refractivity (Wildman–Crippen MR) is 231 cm³/mol. The fourth-order valence-corrected chi connectivity index (χ4v) is 8.52. The van der Waals surface area contributed by atoms with Crippen LogP contribution in [0.5, 0.6) is 0 Å². The van der Waals surface area contributed by atoms with Gasteiger partial charge in [-0.25, -0.2) is 0 Å². The van der Waals surface area contributed by atoms with Gasteiger partial charge in [-0.05, 0) is 94.2 Å². The Hall–Kier alpha value is -7.36. The minimum Gasteiger partial charge on any atom is -0.456 e. The highest BCUT2D eigenvalue weighted by atomic mass is 16.3. The van der Waals surface area contributed by atoms with Gasteiger partial charge in [0.2, 0.25) is 0 Å². The summed E-state index contributed by atoms with van der Waals surface area (Å²) in [4.78, 5) is 2.38. The molecule has 0 aliphatic carbocycles. The van der Waals surface area contributed by atoms with Crippen molar-refractivity contribution >= 4 is 71.6 Å². The summed E-state index contributed by atoms with van der Waals surface area (Å²) in [6.07, 6.45) is 0. The van der Waals surface area contributed by atoms with E-state index in [-0.39, 0.29) is 0 Å². The Morgan fingerprint density at radius 3 is 1.78 bits per heavy atom. The maximum Gasteiger partial charge on any atom is 0.135 e. The Bertz CT molecular complexity index is 3190. The van der Waals surface area contributed by atoms with Crippen molar-refractivity contribution in [2.45, 2.75) is 0 Å². The van der Waals surface area contributed by atoms with E-state index in [2.05, 4.69) is 204 Å². The number of hydrogen-bond acceptors (Lipinski definition) is 2. The number of para-hydroxylation sites is 4. The molecule has 0 fully saturated rings. The highest BCUT2D eigenvalue weighted by Gasteiger charge is 2.21. The van der Waals surface area contributed by atoms with Gasteiger partial charge < -0.3 is 13.9 Å². The molecule has 0 unspecified atom stereocenters. The molecule has 258 valence electrons. The van der Waals surface area contributed by atoms with Gasteiger partial charge in [-0.2, -0.15) is 0 Å². The van der Waals surface area contributed by atoms with E-state index in [4.69, 9.17) is 4.42 Å². The highest BCUT2D eigenvalue weighted by molar-refractivity contribution is 6.24. The average Bonchev–Trinajstić information content (AvgIpc) is 3.80. The number of nitrogens with zero attached hydrogens (tertiary/aromatic N) is 2. The molecule has 0 amide bonds. The minimum absolute atomic E-state index is 0.881. The van der Waals surface area contributed by atoms with Crippen LogP contribution in [0.15, 0.2) is 211 Å². The van der Waals surface area contributed by atoms with Gasteiger partial charge in [-0.1, -0.05) is 140 Å². The zero-order chi connectivity index (χ0) is 36.3. The molecule has 2 heterocycles. The molecule has 2 aromatic heterocycles. The summed E-state index contributed by atoms with van der Waals surface area (Å²) in [6, 6.07) is 73.9. The lowest BCUT2D eigenvalue weighted by Crippen LogP contribution is -2.11. The highest BCUT2D eigenvalue weighted by Crippen LogP contribution is 2.45. The van der Waals surface area contributed by atoms with Gasteiger partial charge >= 0.3 is 0 Å². The van der Waals surface area contributed by atoms with Crippen molar-refractivity contribution in [2.75, 3.05) is 4.90 Å². The van der Waals surface area contributed by atoms with Crippen LogP contribution in [0.4, 0.5) is 17.1 Å². The molecule has 0 saturated heterocycles. The van der Waals surface area contributed by atoms with Crippen LogP contribution in [0.25, 0.3) is 82.5 Å². The van der Waals surface area contributed by atoms with Crippen molar-refractivity contribution in [3.05, 3.63) is 206 Å². The molecule has 11 rings (SSSR count). The Morgan fingerprint density at radius 2 is 0.964 bits per heavy atom. The van der Waals surface area contributed by atoms with Crippen LogP contribution in [-0.4, -0.2) is 4.57 Å². The topological polar surface area (TPSA) is 21.3 Å². The van der Waals surface area contributed by atoms with Gasteiger partial charge in [0.15, 0.2) is 0 Å². The lowest BCUT2D eigenvalue weighted by Gasteiger charge is -2.28. The van der Waals surface area contributed by atoms with E-state index in [1.165, 1.54) is 49.3 Å². The molecule has 0 aliphatic heterocycles. The Labute approximate surface area is 318 Å². The average molecular weight is 703 g/mol. The van der Waals surface area contributed by atoms with E-state index in [0.29, 0.717) is 0 Å². The Balaban J connectivity index is 1.12. The first-order chi connectivity index (χ1) is 27.3. The van der Waals surface area contributed by atoms with Crippen molar-refractivity contribution < 1.29 is 4.42 Å². The number of anilines is 3. The molecular weight excluding hydrogens is 669 g/mol. The molecule has 3 nitrogen and oxygen atoms in total. The summed E-state index contributed by atoms with van der Waals surface area (Å²) in [6.45, 7) is 0. The molecule has 0 radical (unpaired) electrons. The summed E-state index contributed by atoms with van der Waals surface area (Å²) in [5.41, 5.74) is 13.3. The number of fused-ring (bicyclic) bond motifs is 8. The van der Waals surface area contributed by atoms with Crippen LogP contribution >= 0.6 is 0 Å². The second-order valence-electron chi connectivity index (χ2n) is 14.1. The molecule has 0 aliphatic rings. The maximum absolute atomic E-state index is 6.26. The van der Waals surface area contributed by atoms with Gasteiger partial charge in [0.05, 0.1) is 16.7 Å². The molecular formula is C52H34N2O. The molecule has 0 saturated carbocycles. The summed E-state index contributed by atoms with van der Waals surface area (Å²) in [5, 5.41) is 7.24. The Morgan fingerprint density at radius 1 is 0.364 bits per heavy atom. The first-order valence-electron chi connectivity index (χ1n) is 18.8. The fraction of sp³-hybridized carbons (Fsp3) is 0. The fourth-order valence-electron chi connectivity index (χ4n) is 8.52. The molecule has 0 N–H and O–H groups in total. The van der Waals surface area contributed by atoms with Crippen LogP contribution in [-0.2, 0) is 0 Å².